The molecule has 0 heterocycles. The van der Waals surface area contributed by atoms with E-state index in [4.69, 9.17) is 10.5 Å². The SMILES string of the molecule is N[C@@H](Cc1ccc(O)cc1)C(=O)NCC(O)CCOc1ccc([N+](=O)[O-])cc1. The quantitative estimate of drug-likeness (QED) is 0.351. The zero-order valence-corrected chi connectivity index (χ0v) is 15.2. The lowest BCUT2D eigenvalue weighted by molar-refractivity contribution is -0.384. The molecule has 0 aliphatic heterocycles. The van der Waals surface area contributed by atoms with E-state index in [1.807, 2.05) is 0 Å². The molecule has 1 amide bonds. The number of hydrogen-bond acceptors (Lipinski definition) is 7. The zero-order valence-electron chi connectivity index (χ0n) is 15.2. The first-order chi connectivity index (χ1) is 13.3. The molecule has 5 N–H and O–H groups in total. The van der Waals surface area contributed by atoms with E-state index in [2.05, 4.69) is 5.32 Å². The molecular weight excluding hydrogens is 366 g/mol. The van der Waals surface area contributed by atoms with Crippen LogP contribution in [0.15, 0.2) is 48.5 Å². The lowest BCUT2D eigenvalue weighted by atomic mass is 10.1. The molecule has 2 rings (SSSR count). The van der Waals surface area contributed by atoms with Crippen LogP contribution in [0.25, 0.3) is 0 Å². The van der Waals surface area contributed by atoms with Gasteiger partial charge in [-0.25, -0.2) is 0 Å². The monoisotopic (exact) mass is 389 g/mol. The summed E-state index contributed by atoms with van der Waals surface area (Å²) in [5.41, 5.74) is 6.64. The first-order valence-electron chi connectivity index (χ1n) is 8.71. The van der Waals surface area contributed by atoms with E-state index in [1.165, 1.54) is 36.4 Å². The van der Waals surface area contributed by atoms with E-state index >= 15 is 0 Å². The van der Waals surface area contributed by atoms with Crippen molar-refractivity contribution in [3.8, 4) is 11.5 Å². The van der Waals surface area contributed by atoms with Gasteiger partial charge in [0, 0.05) is 25.1 Å². The highest BCUT2D eigenvalue weighted by atomic mass is 16.6. The molecule has 9 heteroatoms. The van der Waals surface area contributed by atoms with Crippen LogP contribution in [0.5, 0.6) is 11.5 Å². The molecule has 0 saturated carbocycles. The minimum atomic E-state index is -0.817. The Morgan fingerprint density at radius 1 is 1.18 bits per heavy atom. The summed E-state index contributed by atoms with van der Waals surface area (Å²) in [4.78, 5) is 22.1. The number of hydrogen-bond donors (Lipinski definition) is 4. The number of aliphatic hydroxyl groups excluding tert-OH is 1. The highest BCUT2D eigenvalue weighted by Gasteiger charge is 2.15. The van der Waals surface area contributed by atoms with Crippen molar-refractivity contribution in [3.05, 3.63) is 64.2 Å². The van der Waals surface area contributed by atoms with Crippen LogP contribution in [0, 0.1) is 10.1 Å². The second kappa shape index (κ2) is 10.2. The number of nitrogens with one attached hydrogen (secondary N) is 1. The number of aliphatic hydroxyl groups is 1. The van der Waals surface area contributed by atoms with Crippen LogP contribution in [0.3, 0.4) is 0 Å². The van der Waals surface area contributed by atoms with E-state index in [0.29, 0.717) is 12.2 Å². The van der Waals surface area contributed by atoms with Gasteiger partial charge in [-0.1, -0.05) is 12.1 Å². The second-order valence-electron chi connectivity index (χ2n) is 6.26. The number of carbonyl (C=O) groups is 1. The van der Waals surface area contributed by atoms with Crippen molar-refractivity contribution in [2.75, 3.05) is 13.2 Å². The van der Waals surface area contributed by atoms with Gasteiger partial charge in [-0.2, -0.15) is 0 Å². The molecular formula is C19H23N3O6. The molecule has 0 spiro atoms. The van der Waals surface area contributed by atoms with Gasteiger partial charge in [0.25, 0.3) is 5.69 Å². The average Bonchev–Trinajstić information content (AvgIpc) is 2.68. The molecule has 2 aromatic carbocycles. The smallest absolute Gasteiger partial charge is 0.269 e. The molecule has 0 aromatic heterocycles. The van der Waals surface area contributed by atoms with Crippen molar-refractivity contribution in [2.45, 2.75) is 25.0 Å². The van der Waals surface area contributed by atoms with Crippen LogP contribution in [0.4, 0.5) is 5.69 Å². The third-order valence-electron chi connectivity index (χ3n) is 4.01. The van der Waals surface area contributed by atoms with Crippen molar-refractivity contribution in [2.24, 2.45) is 5.73 Å². The van der Waals surface area contributed by atoms with Gasteiger partial charge in [0.1, 0.15) is 11.5 Å². The molecule has 1 unspecified atom stereocenters. The number of phenolic OH excluding ortho intramolecular Hbond substituents is 1. The van der Waals surface area contributed by atoms with Crippen molar-refractivity contribution in [1.29, 1.82) is 0 Å². The molecule has 0 bridgehead atoms. The molecule has 2 aromatic rings. The van der Waals surface area contributed by atoms with Gasteiger partial charge in [0.2, 0.25) is 5.91 Å². The topological polar surface area (TPSA) is 148 Å². The number of nitrogens with two attached hydrogens (primary N) is 1. The van der Waals surface area contributed by atoms with Gasteiger partial charge in [0.15, 0.2) is 0 Å². The largest absolute Gasteiger partial charge is 0.508 e. The first-order valence-corrected chi connectivity index (χ1v) is 8.71. The van der Waals surface area contributed by atoms with Gasteiger partial charge in [-0.3, -0.25) is 14.9 Å². The maximum absolute atomic E-state index is 12.0. The molecule has 2 atom stereocenters. The summed E-state index contributed by atoms with van der Waals surface area (Å²) in [5, 5.41) is 32.4. The highest BCUT2D eigenvalue weighted by molar-refractivity contribution is 5.81. The zero-order chi connectivity index (χ0) is 20.5. The van der Waals surface area contributed by atoms with E-state index in [1.54, 1.807) is 12.1 Å². The molecule has 0 fully saturated rings. The third-order valence-corrected chi connectivity index (χ3v) is 4.01. The Balaban J connectivity index is 1.66. The van der Waals surface area contributed by atoms with Crippen LogP contribution >= 0.6 is 0 Å². The highest BCUT2D eigenvalue weighted by Crippen LogP contribution is 2.17. The number of non-ortho nitro benzene ring substituents is 1. The summed E-state index contributed by atoms with van der Waals surface area (Å²) >= 11 is 0. The molecule has 150 valence electrons. The number of nitro groups is 1. The molecule has 28 heavy (non-hydrogen) atoms. The maximum Gasteiger partial charge on any atom is 0.269 e. The van der Waals surface area contributed by atoms with Gasteiger partial charge in [-0.05, 0) is 36.2 Å². The van der Waals surface area contributed by atoms with E-state index in [-0.39, 0.29) is 36.9 Å². The van der Waals surface area contributed by atoms with Gasteiger partial charge in [0.05, 0.1) is 23.7 Å². The fourth-order valence-corrected chi connectivity index (χ4v) is 2.41. The number of aromatic hydroxyl groups is 1. The summed E-state index contributed by atoms with van der Waals surface area (Å²) in [5.74, 6) is 0.210. The van der Waals surface area contributed by atoms with E-state index in [9.17, 15) is 25.1 Å². The molecule has 0 aliphatic carbocycles. The number of benzene rings is 2. The third kappa shape index (κ3) is 6.86. The normalized spacial score (nSPS) is 12.8. The van der Waals surface area contributed by atoms with Gasteiger partial charge in [-0.15, -0.1) is 0 Å². The Hall–Kier alpha value is -3.17. The van der Waals surface area contributed by atoms with Crippen LogP contribution in [0.1, 0.15) is 12.0 Å². The molecule has 0 radical (unpaired) electrons. The van der Waals surface area contributed by atoms with Crippen LogP contribution in [-0.2, 0) is 11.2 Å². The number of carbonyl (C=O) groups excluding carboxylic acids is 1. The van der Waals surface area contributed by atoms with Crippen LogP contribution in [0.2, 0.25) is 0 Å². The Kier molecular flexibility index (Phi) is 7.73. The van der Waals surface area contributed by atoms with Gasteiger partial charge < -0.3 is 26.0 Å². The van der Waals surface area contributed by atoms with Crippen LogP contribution < -0.4 is 15.8 Å². The van der Waals surface area contributed by atoms with E-state index < -0.39 is 17.1 Å². The summed E-state index contributed by atoms with van der Waals surface area (Å²) in [7, 11) is 0. The standard InChI is InChI=1S/C19H23N3O6/c20-18(11-13-1-5-15(23)6-2-13)19(25)21-12-16(24)9-10-28-17-7-3-14(4-8-17)22(26)27/h1-8,16,18,23-24H,9-12,20H2,(H,21,25)/t16?,18-/m0/s1. The minimum absolute atomic E-state index is 0.0289. The fraction of sp³-hybridized carbons (Fsp3) is 0.316. The minimum Gasteiger partial charge on any atom is -0.508 e. The Morgan fingerprint density at radius 3 is 2.43 bits per heavy atom. The van der Waals surface area contributed by atoms with E-state index in [0.717, 1.165) is 5.56 Å². The predicted octanol–water partition coefficient (Wildman–Crippen LogP) is 1.12. The number of rotatable bonds is 10. The number of ether oxygens (including phenoxy) is 1. The molecule has 9 nitrogen and oxygen atoms in total. The number of amides is 1. The maximum atomic E-state index is 12.0. The number of nitrogens with zero attached hydrogens (tertiary/aromatic N) is 1. The lowest BCUT2D eigenvalue weighted by Gasteiger charge is -2.16. The average molecular weight is 389 g/mol. The molecule has 0 aliphatic rings. The summed E-state index contributed by atoms with van der Waals surface area (Å²) in [6.07, 6.45) is -0.237. The number of phenols is 1. The van der Waals surface area contributed by atoms with Crippen molar-refractivity contribution in [1.82, 2.24) is 5.32 Å². The second-order valence-corrected chi connectivity index (χ2v) is 6.26. The molecule has 0 saturated heterocycles. The van der Waals surface area contributed by atoms with Crippen molar-refractivity contribution in [3.63, 3.8) is 0 Å². The summed E-state index contributed by atoms with van der Waals surface area (Å²) < 4.78 is 5.41. The first kappa shape index (κ1) is 21.1. The summed E-state index contributed by atoms with van der Waals surface area (Å²) in [6, 6.07) is 11.3. The Bertz CT molecular complexity index is 779. The Morgan fingerprint density at radius 2 is 1.82 bits per heavy atom. The fourth-order valence-electron chi connectivity index (χ4n) is 2.41. The lowest BCUT2D eigenvalue weighted by Crippen LogP contribution is -2.44. The van der Waals surface area contributed by atoms with Crippen molar-refractivity contribution >= 4 is 11.6 Å². The predicted molar refractivity (Wildman–Crippen MR) is 102 cm³/mol. The number of nitro benzene ring substituents is 1. The van der Waals surface area contributed by atoms with Crippen LogP contribution in [-0.4, -0.2) is 46.3 Å². The van der Waals surface area contributed by atoms with Crippen molar-refractivity contribution < 1.29 is 24.7 Å². The summed E-state index contributed by atoms with van der Waals surface area (Å²) in [6.45, 7) is 0.222. The van der Waals surface area contributed by atoms with Gasteiger partial charge >= 0.3 is 0 Å². The Labute approximate surface area is 161 Å².